The van der Waals surface area contributed by atoms with Gasteiger partial charge in [0.15, 0.2) is 0 Å². The van der Waals surface area contributed by atoms with Gasteiger partial charge in [-0.25, -0.2) is 0 Å². The van der Waals surface area contributed by atoms with E-state index in [0.29, 0.717) is 0 Å². The van der Waals surface area contributed by atoms with Crippen LogP contribution in [0.25, 0.3) is 0 Å². The summed E-state index contributed by atoms with van der Waals surface area (Å²) < 4.78 is 1.11. The predicted octanol–water partition coefficient (Wildman–Crippen LogP) is 3.11. The third-order valence-electron chi connectivity index (χ3n) is 1.12. The van der Waals surface area contributed by atoms with E-state index in [0.717, 1.165) is 10.2 Å². The first-order chi connectivity index (χ1) is 4.83. The largest absolute Gasteiger partial charge is 0.161 e. The maximum Gasteiger partial charge on any atom is 0.0184 e. The van der Waals surface area contributed by atoms with Crippen LogP contribution in [0.5, 0.6) is 0 Å². The van der Waals surface area contributed by atoms with Crippen LogP contribution in [0.3, 0.4) is 0 Å². The molecular formula is C8H8BrS. The molecule has 0 bridgehead atoms. The van der Waals surface area contributed by atoms with Gasteiger partial charge in [0.05, 0.1) is 0 Å². The van der Waals surface area contributed by atoms with Crippen molar-refractivity contribution in [2.45, 2.75) is 5.75 Å². The van der Waals surface area contributed by atoms with Gasteiger partial charge in [-0.2, -0.15) is 11.8 Å². The van der Waals surface area contributed by atoms with E-state index >= 15 is 0 Å². The molecule has 1 radical (unpaired) electrons. The average molecular weight is 216 g/mol. The SMILES string of the molecule is CSCc1c[c]cc(Br)c1. The summed E-state index contributed by atoms with van der Waals surface area (Å²) in [5, 5.41) is 0. The highest BCUT2D eigenvalue weighted by Gasteiger charge is 1.90. The first-order valence-corrected chi connectivity index (χ1v) is 5.16. The predicted molar refractivity (Wildman–Crippen MR) is 50.2 cm³/mol. The third kappa shape index (κ3) is 2.35. The van der Waals surface area contributed by atoms with Gasteiger partial charge in [0.25, 0.3) is 0 Å². The lowest BCUT2D eigenvalue weighted by Gasteiger charge is -1.96. The molecule has 0 aliphatic rings. The monoisotopic (exact) mass is 215 g/mol. The van der Waals surface area contributed by atoms with E-state index in [1.54, 1.807) is 0 Å². The second-order valence-electron chi connectivity index (χ2n) is 1.99. The Bertz CT molecular complexity index is 210. The van der Waals surface area contributed by atoms with Gasteiger partial charge in [0.2, 0.25) is 0 Å². The van der Waals surface area contributed by atoms with Gasteiger partial charge in [0.1, 0.15) is 0 Å². The molecule has 0 fully saturated rings. The smallest absolute Gasteiger partial charge is 0.0184 e. The van der Waals surface area contributed by atoms with E-state index in [1.807, 2.05) is 23.9 Å². The fourth-order valence-corrected chi connectivity index (χ4v) is 1.66. The summed E-state index contributed by atoms with van der Waals surface area (Å²) >= 11 is 5.21. The van der Waals surface area contributed by atoms with Gasteiger partial charge >= 0.3 is 0 Å². The molecule has 1 aromatic rings. The Morgan fingerprint density at radius 3 is 3.00 bits per heavy atom. The number of hydrogen-bond donors (Lipinski definition) is 0. The molecule has 0 aliphatic heterocycles. The van der Waals surface area contributed by atoms with E-state index in [2.05, 4.69) is 34.3 Å². The van der Waals surface area contributed by atoms with Crippen LogP contribution in [0.15, 0.2) is 22.7 Å². The minimum Gasteiger partial charge on any atom is -0.161 e. The van der Waals surface area contributed by atoms with Crippen LogP contribution in [0, 0.1) is 6.07 Å². The maximum atomic E-state index is 3.39. The summed E-state index contributed by atoms with van der Waals surface area (Å²) in [4.78, 5) is 0. The zero-order valence-corrected chi connectivity index (χ0v) is 8.13. The molecule has 1 rings (SSSR count). The fourth-order valence-electron chi connectivity index (χ4n) is 0.739. The molecule has 0 saturated carbocycles. The van der Waals surface area contributed by atoms with Crippen molar-refractivity contribution in [1.29, 1.82) is 0 Å². The molecule has 0 aromatic heterocycles. The molecule has 53 valence electrons. The fraction of sp³-hybridized carbons (Fsp3) is 0.250. The highest BCUT2D eigenvalue weighted by Crippen LogP contribution is 2.14. The number of halogens is 1. The zero-order valence-electron chi connectivity index (χ0n) is 5.73. The standard InChI is InChI=1S/C8H8BrS/c1-10-6-7-3-2-4-8(9)5-7/h3-5H,6H2,1H3. The van der Waals surface area contributed by atoms with Crippen LogP contribution in [0.1, 0.15) is 5.56 Å². The summed E-state index contributed by atoms with van der Waals surface area (Å²) in [6, 6.07) is 9.11. The van der Waals surface area contributed by atoms with Crippen molar-refractivity contribution in [3.8, 4) is 0 Å². The van der Waals surface area contributed by atoms with Gasteiger partial charge in [-0.1, -0.05) is 22.0 Å². The third-order valence-corrected chi connectivity index (χ3v) is 2.20. The minimum absolute atomic E-state index is 1.07. The Balaban J connectivity index is 2.75. The topological polar surface area (TPSA) is 0 Å². The van der Waals surface area contributed by atoms with Gasteiger partial charge in [0, 0.05) is 10.2 Å². The summed E-state index contributed by atoms with van der Waals surface area (Å²) in [6.07, 6.45) is 2.10. The average Bonchev–Trinajstić information content (AvgIpc) is 1.88. The van der Waals surface area contributed by atoms with Crippen molar-refractivity contribution < 1.29 is 0 Å². The van der Waals surface area contributed by atoms with E-state index in [4.69, 9.17) is 0 Å². The lowest BCUT2D eigenvalue weighted by atomic mass is 10.2. The molecule has 1 aromatic carbocycles. The second kappa shape index (κ2) is 4.04. The van der Waals surface area contributed by atoms with Crippen molar-refractivity contribution in [3.05, 3.63) is 34.3 Å². The van der Waals surface area contributed by atoms with Crippen molar-refractivity contribution >= 4 is 27.7 Å². The summed E-state index contributed by atoms with van der Waals surface area (Å²) in [5.74, 6) is 1.07. The van der Waals surface area contributed by atoms with Gasteiger partial charge in [-0.15, -0.1) is 0 Å². The molecular weight excluding hydrogens is 208 g/mol. The van der Waals surface area contributed by atoms with Crippen LogP contribution < -0.4 is 0 Å². The number of thioether (sulfide) groups is 1. The van der Waals surface area contributed by atoms with Crippen LogP contribution in [0.2, 0.25) is 0 Å². The van der Waals surface area contributed by atoms with Gasteiger partial charge in [-0.3, -0.25) is 0 Å². The lowest BCUT2D eigenvalue weighted by Crippen LogP contribution is -1.77. The normalized spacial score (nSPS) is 9.80. The molecule has 0 heterocycles. The molecule has 0 aliphatic carbocycles. The Hall–Kier alpha value is 0.0500. The Morgan fingerprint density at radius 1 is 1.60 bits per heavy atom. The van der Waals surface area contributed by atoms with Gasteiger partial charge < -0.3 is 0 Å². The molecule has 0 saturated heterocycles. The maximum absolute atomic E-state index is 3.39. The minimum atomic E-state index is 1.07. The highest BCUT2D eigenvalue weighted by molar-refractivity contribution is 9.10. The van der Waals surface area contributed by atoms with Crippen molar-refractivity contribution in [2.75, 3.05) is 6.26 Å². The molecule has 0 N–H and O–H groups in total. The van der Waals surface area contributed by atoms with Crippen molar-refractivity contribution in [2.24, 2.45) is 0 Å². The molecule has 0 spiro atoms. The molecule has 0 amide bonds. The zero-order chi connectivity index (χ0) is 7.40. The van der Waals surface area contributed by atoms with Crippen molar-refractivity contribution in [1.82, 2.24) is 0 Å². The first kappa shape index (κ1) is 8.15. The van der Waals surface area contributed by atoms with Gasteiger partial charge in [-0.05, 0) is 30.0 Å². The molecule has 2 heteroatoms. The number of rotatable bonds is 2. The molecule has 10 heavy (non-hydrogen) atoms. The van der Waals surface area contributed by atoms with E-state index < -0.39 is 0 Å². The quantitative estimate of drug-likeness (QED) is 0.731. The van der Waals surface area contributed by atoms with Crippen LogP contribution in [-0.4, -0.2) is 6.26 Å². The number of hydrogen-bond acceptors (Lipinski definition) is 1. The highest BCUT2D eigenvalue weighted by atomic mass is 79.9. The molecule has 0 atom stereocenters. The Morgan fingerprint density at radius 2 is 2.40 bits per heavy atom. The summed E-state index contributed by atoms with van der Waals surface area (Å²) in [7, 11) is 0. The summed E-state index contributed by atoms with van der Waals surface area (Å²) in [6.45, 7) is 0. The summed E-state index contributed by atoms with van der Waals surface area (Å²) in [5.41, 5.74) is 1.32. The Labute approximate surface area is 74.2 Å². The van der Waals surface area contributed by atoms with E-state index in [9.17, 15) is 0 Å². The first-order valence-electron chi connectivity index (χ1n) is 2.97. The number of benzene rings is 1. The lowest BCUT2D eigenvalue weighted by molar-refractivity contribution is 1.40. The van der Waals surface area contributed by atoms with Crippen LogP contribution >= 0.6 is 27.7 Å². The Kier molecular flexibility index (Phi) is 3.29. The van der Waals surface area contributed by atoms with Crippen LogP contribution in [0.4, 0.5) is 0 Å². The van der Waals surface area contributed by atoms with Crippen LogP contribution in [-0.2, 0) is 5.75 Å². The molecule has 0 nitrogen and oxygen atoms in total. The van der Waals surface area contributed by atoms with E-state index in [-0.39, 0.29) is 0 Å². The molecule has 0 unspecified atom stereocenters. The van der Waals surface area contributed by atoms with Crippen molar-refractivity contribution in [3.63, 3.8) is 0 Å². The van der Waals surface area contributed by atoms with E-state index in [1.165, 1.54) is 5.56 Å². The second-order valence-corrected chi connectivity index (χ2v) is 3.77.